The molecule has 0 unspecified atom stereocenters. The van der Waals surface area contributed by atoms with Crippen molar-refractivity contribution in [3.8, 4) is 5.13 Å². The fraction of sp³-hybridized carbons (Fsp3) is 0.278. The zero-order valence-corrected chi connectivity index (χ0v) is 14.6. The van der Waals surface area contributed by atoms with Crippen LogP contribution in [0.15, 0.2) is 48.7 Å². The van der Waals surface area contributed by atoms with Gasteiger partial charge in [-0.15, -0.1) is 10.2 Å². The number of benzene rings is 1. The number of hydrogen-bond acceptors (Lipinski definition) is 6. The first-order chi connectivity index (χ1) is 12.3. The molecule has 0 aliphatic carbocycles. The maximum absolute atomic E-state index is 11.1. The number of rotatable bonds is 5. The van der Waals surface area contributed by atoms with Gasteiger partial charge in [0.1, 0.15) is 0 Å². The largest absolute Gasteiger partial charge is 0.344 e. The first-order valence-electron chi connectivity index (χ1n) is 8.31. The molecule has 25 heavy (non-hydrogen) atoms. The minimum atomic E-state index is 0.593. The summed E-state index contributed by atoms with van der Waals surface area (Å²) in [6.07, 6.45) is 2.68. The van der Waals surface area contributed by atoms with E-state index in [1.165, 1.54) is 16.9 Å². The summed E-state index contributed by atoms with van der Waals surface area (Å²) in [6.45, 7) is 4.88. The van der Waals surface area contributed by atoms with Crippen LogP contribution in [0.1, 0.15) is 16.1 Å². The molecule has 0 N–H and O–H groups in total. The molecule has 4 rings (SSSR count). The second-order valence-corrected chi connectivity index (χ2v) is 6.97. The summed E-state index contributed by atoms with van der Waals surface area (Å²) < 4.78 is 1.78. The molecular formula is C18H19N5OS. The molecule has 0 bridgehead atoms. The van der Waals surface area contributed by atoms with Gasteiger partial charge in [-0.05, 0) is 17.7 Å². The highest BCUT2D eigenvalue weighted by atomic mass is 32.1. The lowest BCUT2D eigenvalue weighted by atomic mass is 10.2. The van der Waals surface area contributed by atoms with Crippen LogP contribution in [-0.2, 0) is 6.54 Å². The first-order valence-corrected chi connectivity index (χ1v) is 9.13. The zero-order valence-electron chi connectivity index (χ0n) is 13.8. The highest BCUT2D eigenvalue weighted by Gasteiger charge is 2.20. The van der Waals surface area contributed by atoms with Crippen molar-refractivity contribution in [1.29, 1.82) is 0 Å². The summed E-state index contributed by atoms with van der Waals surface area (Å²) >= 11 is 1.52. The Hall–Kier alpha value is -2.51. The smallest absolute Gasteiger partial charge is 0.218 e. The number of anilines is 1. The molecule has 1 aliphatic rings. The van der Waals surface area contributed by atoms with Crippen molar-refractivity contribution in [2.75, 3.05) is 31.1 Å². The Morgan fingerprint density at radius 2 is 1.72 bits per heavy atom. The Bertz CT molecular complexity index is 836. The van der Waals surface area contributed by atoms with Crippen LogP contribution in [0, 0.1) is 0 Å². The highest BCUT2D eigenvalue weighted by Crippen LogP contribution is 2.25. The van der Waals surface area contributed by atoms with Crippen LogP contribution in [0.5, 0.6) is 0 Å². The predicted molar refractivity (Wildman–Crippen MR) is 98.6 cm³/mol. The summed E-state index contributed by atoms with van der Waals surface area (Å²) in [5.74, 6) is 0. The van der Waals surface area contributed by atoms with Crippen molar-refractivity contribution in [3.05, 3.63) is 59.9 Å². The topological polar surface area (TPSA) is 54.3 Å². The minimum Gasteiger partial charge on any atom is -0.344 e. The Morgan fingerprint density at radius 3 is 2.48 bits per heavy atom. The molecule has 0 atom stereocenters. The van der Waals surface area contributed by atoms with E-state index in [1.807, 2.05) is 12.3 Å². The van der Waals surface area contributed by atoms with E-state index in [9.17, 15) is 4.79 Å². The number of aldehydes is 1. The van der Waals surface area contributed by atoms with Gasteiger partial charge in [-0.25, -0.2) is 0 Å². The summed E-state index contributed by atoms with van der Waals surface area (Å²) in [7, 11) is 0. The molecule has 0 spiro atoms. The average Bonchev–Trinajstić information content (AvgIpc) is 3.32. The van der Waals surface area contributed by atoms with Gasteiger partial charge >= 0.3 is 0 Å². The van der Waals surface area contributed by atoms with E-state index in [2.05, 4.69) is 50.3 Å². The number of carbonyl (C=O) groups is 1. The lowest BCUT2D eigenvalue weighted by Crippen LogP contribution is -2.45. The van der Waals surface area contributed by atoms with Gasteiger partial charge in [-0.1, -0.05) is 41.7 Å². The van der Waals surface area contributed by atoms with E-state index in [0.717, 1.165) is 49.3 Å². The average molecular weight is 353 g/mol. The van der Waals surface area contributed by atoms with Gasteiger partial charge < -0.3 is 4.90 Å². The Labute approximate surface area is 150 Å². The molecule has 0 amide bonds. The molecule has 7 heteroatoms. The third-order valence-electron chi connectivity index (χ3n) is 4.40. The number of piperazine rings is 1. The summed E-state index contributed by atoms with van der Waals surface area (Å²) in [5, 5.41) is 10.2. The molecule has 1 saturated heterocycles. The summed E-state index contributed by atoms with van der Waals surface area (Å²) in [6, 6.07) is 14.2. The van der Waals surface area contributed by atoms with E-state index in [-0.39, 0.29) is 0 Å². The second kappa shape index (κ2) is 7.16. The van der Waals surface area contributed by atoms with Gasteiger partial charge in [0.2, 0.25) is 10.3 Å². The van der Waals surface area contributed by atoms with Crippen LogP contribution in [0.4, 0.5) is 5.13 Å². The van der Waals surface area contributed by atoms with Gasteiger partial charge in [0.25, 0.3) is 0 Å². The number of carbonyl (C=O) groups excluding carboxylic acids is 1. The Morgan fingerprint density at radius 1 is 0.960 bits per heavy atom. The van der Waals surface area contributed by atoms with Gasteiger partial charge in [-0.3, -0.25) is 14.3 Å². The van der Waals surface area contributed by atoms with Crippen molar-refractivity contribution in [2.45, 2.75) is 6.54 Å². The Kier molecular flexibility index (Phi) is 4.58. The Balaban J connectivity index is 1.39. The lowest BCUT2D eigenvalue weighted by molar-refractivity contribution is 0.111. The third-order valence-corrected chi connectivity index (χ3v) is 5.39. The van der Waals surface area contributed by atoms with Crippen LogP contribution in [-0.4, -0.2) is 52.1 Å². The van der Waals surface area contributed by atoms with Crippen molar-refractivity contribution in [2.24, 2.45) is 0 Å². The SMILES string of the molecule is O=Cc1cccn1-c1nnc(N2CCN(Cc3ccccc3)CC2)s1. The van der Waals surface area contributed by atoms with Crippen molar-refractivity contribution in [3.63, 3.8) is 0 Å². The second-order valence-electron chi connectivity index (χ2n) is 6.04. The van der Waals surface area contributed by atoms with Crippen molar-refractivity contribution < 1.29 is 4.79 Å². The first kappa shape index (κ1) is 16.0. The predicted octanol–water partition coefficient (Wildman–Crippen LogP) is 2.46. The molecule has 6 nitrogen and oxygen atoms in total. The van der Waals surface area contributed by atoms with E-state index >= 15 is 0 Å². The molecule has 3 heterocycles. The molecule has 128 valence electrons. The van der Waals surface area contributed by atoms with E-state index in [4.69, 9.17) is 0 Å². The molecule has 1 fully saturated rings. The molecular weight excluding hydrogens is 334 g/mol. The van der Waals surface area contributed by atoms with Crippen LogP contribution in [0.2, 0.25) is 0 Å². The van der Waals surface area contributed by atoms with Crippen molar-refractivity contribution in [1.82, 2.24) is 19.7 Å². The van der Waals surface area contributed by atoms with E-state index in [1.54, 1.807) is 10.6 Å². The zero-order chi connectivity index (χ0) is 17.1. The maximum Gasteiger partial charge on any atom is 0.218 e. The van der Waals surface area contributed by atoms with Gasteiger partial charge in [0.05, 0.1) is 5.69 Å². The van der Waals surface area contributed by atoms with Crippen molar-refractivity contribution >= 4 is 22.8 Å². The fourth-order valence-electron chi connectivity index (χ4n) is 3.04. The lowest BCUT2D eigenvalue weighted by Gasteiger charge is -2.34. The fourth-order valence-corrected chi connectivity index (χ4v) is 3.94. The molecule has 1 aliphatic heterocycles. The van der Waals surface area contributed by atoms with Gasteiger partial charge in [0, 0.05) is 38.9 Å². The van der Waals surface area contributed by atoms with E-state index in [0.29, 0.717) is 5.69 Å². The van der Waals surface area contributed by atoms with Gasteiger partial charge in [-0.2, -0.15) is 0 Å². The molecule has 0 radical (unpaired) electrons. The summed E-state index contributed by atoms with van der Waals surface area (Å²) in [5.41, 5.74) is 1.94. The quantitative estimate of drug-likeness (QED) is 0.660. The number of nitrogens with zero attached hydrogens (tertiary/aromatic N) is 5. The molecule has 3 aromatic rings. The monoisotopic (exact) mass is 353 g/mol. The molecule has 2 aromatic heterocycles. The number of aromatic nitrogens is 3. The summed E-state index contributed by atoms with van der Waals surface area (Å²) in [4.78, 5) is 15.8. The third kappa shape index (κ3) is 3.47. The van der Waals surface area contributed by atoms with E-state index < -0.39 is 0 Å². The maximum atomic E-state index is 11.1. The normalized spacial score (nSPS) is 15.4. The highest BCUT2D eigenvalue weighted by molar-refractivity contribution is 7.17. The standard InChI is InChI=1S/C18H19N5OS/c24-14-16-7-4-8-23(16)18-20-19-17(25-18)22-11-9-21(10-12-22)13-15-5-2-1-3-6-15/h1-8,14H,9-13H2. The number of hydrogen-bond donors (Lipinski definition) is 0. The minimum absolute atomic E-state index is 0.593. The molecule has 0 saturated carbocycles. The van der Waals surface area contributed by atoms with Crippen LogP contribution < -0.4 is 4.90 Å². The van der Waals surface area contributed by atoms with Crippen LogP contribution in [0.3, 0.4) is 0 Å². The van der Waals surface area contributed by atoms with Gasteiger partial charge in [0.15, 0.2) is 6.29 Å². The van der Waals surface area contributed by atoms with Crippen LogP contribution >= 0.6 is 11.3 Å². The van der Waals surface area contributed by atoms with Crippen LogP contribution in [0.25, 0.3) is 5.13 Å². The molecule has 1 aromatic carbocycles.